The summed E-state index contributed by atoms with van der Waals surface area (Å²) in [4.78, 5) is 13.5. The smallest absolute Gasteiger partial charge is 0.262 e. The molecule has 2 N–H and O–H groups in total. The van der Waals surface area contributed by atoms with E-state index in [1.165, 1.54) is 0 Å². The Kier molecular flexibility index (Phi) is 6.02. The Morgan fingerprint density at radius 1 is 1.40 bits per heavy atom. The average molecular weight is 278 g/mol. The van der Waals surface area contributed by atoms with Gasteiger partial charge >= 0.3 is 0 Å². The van der Waals surface area contributed by atoms with E-state index in [0.717, 1.165) is 29.7 Å². The Hall–Kier alpha value is -1.55. The zero-order valence-electron chi connectivity index (χ0n) is 13.1. The number of nitrogens with zero attached hydrogens (tertiary/aromatic N) is 1. The summed E-state index contributed by atoms with van der Waals surface area (Å²) in [5.74, 6) is 0.748. The second kappa shape index (κ2) is 7.29. The highest BCUT2D eigenvalue weighted by Crippen LogP contribution is 2.26. The second-order valence-electron chi connectivity index (χ2n) is 5.43. The number of hydrogen-bond donors (Lipinski definition) is 1. The van der Waals surface area contributed by atoms with Gasteiger partial charge in [-0.2, -0.15) is 0 Å². The molecule has 1 rings (SSSR count). The van der Waals surface area contributed by atoms with Crippen LogP contribution in [-0.2, 0) is 11.2 Å². The number of aryl methyl sites for hydroxylation is 1. The van der Waals surface area contributed by atoms with Crippen molar-refractivity contribution in [3.63, 3.8) is 0 Å². The number of likely N-dealkylation sites (N-methyl/N-ethyl adjacent to an activating group) is 1. The number of rotatable bonds is 6. The summed E-state index contributed by atoms with van der Waals surface area (Å²) in [6, 6.07) is 6.12. The lowest BCUT2D eigenvalue weighted by Gasteiger charge is -2.22. The van der Waals surface area contributed by atoms with E-state index in [0.29, 0.717) is 0 Å². The molecule has 0 saturated heterocycles. The number of benzene rings is 1. The number of hydrogen-bond acceptors (Lipinski definition) is 3. The first-order valence-corrected chi connectivity index (χ1v) is 7.08. The number of para-hydroxylation sites is 1. The maximum Gasteiger partial charge on any atom is 0.262 e. The third kappa shape index (κ3) is 4.23. The zero-order chi connectivity index (χ0) is 15.3. The van der Waals surface area contributed by atoms with Crippen molar-refractivity contribution in [1.82, 2.24) is 4.90 Å². The largest absolute Gasteiger partial charge is 0.480 e. The predicted molar refractivity (Wildman–Crippen MR) is 81.9 cm³/mol. The summed E-state index contributed by atoms with van der Waals surface area (Å²) in [6.07, 6.45) is 1.18. The topological polar surface area (TPSA) is 55.6 Å². The summed E-state index contributed by atoms with van der Waals surface area (Å²) in [6.45, 7) is 5.83. The molecule has 4 nitrogen and oxygen atoms in total. The van der Waals surface area contributed by atoms with Crippen LogP contribution in [0.15, 0.2) is 18.2 Å². The Balaban J connectivity index is 2.95. The van der Waals surface area contributed by atoms with Gasteiger partial charge in [-0.25, -0.2) is 0 Å². The van der Waals surface area contributed by atoms with Gasteiger partial charge in [0.2, 0.25) is 0 Å². The molecule has 0 fully saturated rings. The molecular formula is C16H26N2O2. The maximum absolute atomic E-state index is 11.9. The molecule has 0 bridgehead atoms. The fraction of sp³-hybridized carbons (Fsp3) is 0.562. The predicted octanol–water partition coefficient (Wildman–Crippen LogP) is 2.13. The molecule has 20 heavy (non-hydrogen) atoms. The van der Waals surface area contributed by atoms with Gasteiger partial charge in [0.15, 0.2) is 6.10 Å². The molecule has 0 radical (unpaired) electrons. The number of carbonyl (C=O) groups is 1. The monoisotopic (exact) mass is 278 g/mol. The molecule has 0 aliphatic heterocycles. The quantitative estimate of drug-likeness (QED) is 0.867. The van der Waals surface area contributed by atoms with E-state index in [1.54, 1.807) is 25.9 Å². The Morgan fingerprint density at radius 2 is 2.05 bits per heavy atom. The van der Waals surface area contributed by atoms with E-state index in [-0.39, 0.29) is 11.9 Å². The summed E-state index contributed by atoms with van der Waals surface area (Å²) in [5.41, 5.74) is 8.13. The molecule has 1 aromatic carbocycles. The Labute approximate surface area is 121 Å². The van der Waals surface area contributed by atoms with Gasteiger partial charge in [0.05, 0.1) is 0 Å². The van der Waals surface area contributed by atoms with Gasteiger partial charge in [-0.05, 0) is 37.8 Å². The van der Waals surface area contributed by atoms with Gasteiger partial charge in [0.1, 0.15) is 5.75 Å². The van der Waals surface area contributed by atoms with Crippen molar-refractivity contribution in [3.8, 4) is 5.75 Å². The first-order valence-electron chi connectivity index (χ1n) is 7.08. The van der Waals surface area contributed by atoms with Crippen LogP contribution in [0.4, 0.5) is 0 Å². The van der Waals surface area contributed by atoms with Gasteiger partial charge in [-0.3, -0.25) is 4.79 Å². The zero-order valence-corrected chi connectivity index (χ0v) is 13.1. The number of nitrogens with two attached hydrogens (primary N) is 1. The van der Waals surface area contributed by atoms with Gasteiger partial charge in [0.25, 0.3) is 5.91 Å². The van der Waals surface area contributed by atoms with Crippen molar-refractivity contribution in [3.05, 3.63) is 29.3 Å². The molecule has 0 aliphatic carbocycles. The summed E-state index contributed by atoms with van der Waals surface area (Å²) in [7, 11) is 3.46. The molecule has 1 aromatic rings. The van der Waals surface area contributed by atoms with Crippen LogP contribution < -0.4 is 10.5 Å². The highest BCUT2D eigenvalue weighted by Gasteiger charge is 2.19. The molecule has 1 amide bonds. The van der Waals surface area contributed by atoms with Crippen molar-refractivity contribution in [1.29, 1.82) is 0 Å². The fourth-order valence-corrected chi connectivity index (χ4v) is 2.06. The van der Waals surface area contributed by atoms with E-state index >= 15 is 0 Å². The summed E-state index contributed by atoms with van der Waals surface area (Å²) in [5, 5.41) is 0. The van der Waals surface area contributed by atoms with Gasteiger partial charge in [-0.1, -0.05) is 25.1 Å². The lowest BCUT2D eigenvalue weighted by atomic mass is 10.0. The molecule has 0 spiro atoms. The van der Waals surface area contributed by atoms with Crippen LogP contribution in [-0.4, -0.2) is 37.0 Å². The standard InChI is InChI=1S/C16H26N2O2/c1-6-14(17)10-13-9-7-8-11(2)15(13)20-12(3)16(19)18(4)5/h7-9,12,14H,6,10,17H2,1-5H3. The van der Waals surface area contributed by atoms with Crippen molar-refractivity contribution in [2.24, 2.45) is 5.73 Å². The van der Waals surface area contributed by atoms with Crippen molar-refractivity contribution in [2.45, 2.75) is 45.8 Å². The minimum absolute atomic E-state index is 0.0426. The van der Waals surface area contributed by atoms with E-state index in [9.17, 15) is 4.79 Å². The highest BCUT2D eigenvalue weighted by molar-refractivity contribution is 5.80. The summed E-state index contributed by atoms with van der Waals surface area (Å²) < 4.78 is 5.90. The lowest BCUT2D eigenvalue weighted by Crippen LogP contribution is -2.35. The molecule has 0 heterocycles. The van der Waals surface area contributed by atoms with E-state index in [2.05, 4.69) is 6.92 Å². The number of carbonyl (C=O) groups excluding carboxylic acids is 1. The molecule has 0 aromatic heterocycles. The third-order valence-electron chi connectivity index (χ3n) is 3.38. The van der Waals surface area contributed by atoms with E-state index in [4.69, 9.17) is 10.5 Å². The number of amides is 1. The van der Waals surface area contributed by atoms with Gasteiger partial charge in [-0.15, -0.1) is 0 Å². The fourth-order valence-electron chi connectivity index (χ4n) is 2.06. The molecule has 0 saturated carbocycles. The first-order chi connectivity index (χ1) is 9.36. The summed E-state index contributed by atoms with van der Waals surface area (Å²) >= 11 is 0. The van der Waals surface area contributed by atoms with Crippen LogP contribution >= 0.6 is 0 Å². The van der Waals surface area contributed by atoms with Crippen molar-refractivity contribution >= 4 is 5.91 Å². The second-order valence-corrected chi connectivity index (χ2v) is 5.43. The van der Waals surface area contributed by atoms with Crippen LogP contribution in [0.5, 0.6) is 5.75 Å². The Morgan fingerprint density at radius 3 is 2.60 bits per heavy atom. The van der Waals surface area contributed by atoms with Crippen LogP contribution in [0.1, 0.15) is 31.4 Å². The molecular weight excluding hydrogens is 252 g/mol. The third-order valence-corrected chi connectivity index (χ3v) is 3.38. The normalized spacial score (nSPS) is 13.7. The van der Waals surface area contributed by atoms with E-state index in [1.807, 2.05) is 25.1 Å². The number of ether oxygens (including phenoxy) is 1. The lowest BCUT2D eigenvalue weighted by molar-refractivity contribution is -0.135. The van der Waals surface area contributed by atoms with E-state index < -0.39 is 6.10 Å². The molecule has 2 atom stereocenters. The SMILES string of the molecule is CCC(N)Cc1cccc(C)c1OC(C)C(=O)N(C)C. The molecule has 4 heteroatoms. The van der Waals surface area contributed by atoms with Crippen LogP contribution in [0.2, 0.25) is 0 Å². The van der Waals surface area contributed by atoms with Crippen molar-refractivity contribution in [2.75, 3.05) is 14.1 Å². The van der Waals surface area contributed by atoms with Crippen molar-refractivity contribution < 1.29 is 9.53 Å². The minimum atomic E-state index is -0.497. The average Bonchev–Trinajstić information content (AvgIpc) is 2.41. The highest BCUT2D eigenvalue weighted by atomic mass is 16.5. The molecule has 0 aliphatic rings. The first kappa shape index (κ1) is 16.5. The Bertz CT molecular complexity index is 458. The maximum atomic E-state index is 11.9. The van der Waals surface area contributed by atoms with Crippen LogP contribution in [0, 0.1) is 6.92 Å². The molecule has 112 valence electrons. The minimum Gasteiger partial charge on any atom is -0.480 e. The van der Waals surface area contributed by atoms with Gasteiger partial charge in [0, 0.05) is 20.1 Å². The van der Waals surface area contributed by atoms with Crippen LogP contribution in [0.3, 0.4) is 0 Å². The van der Waals surface area contributed by atoms with Crippen LogP contribution in [0.25, 0.3) is 0 Å². The van der Waals surface area contributed by atoms with Gasteiger partial charge < -0.3 is 15.4 Å². The molecule has 2 unspecified atom stereocenters.